The van der Waals surface area contributed by atoms with E-state index in [0.29, 0.717) is 11.5 Å². The molecule has 1 atom stereocenters. The van der Waals surface area contributed by atoms with Crippen LogP contribution < -0.4 is 21.1 Å². The second-order valence-electron chi connectivity index (χ2n) is 6.55. The standard InChI is InChI=1S/C20H22N6O3/c1-13-8-9-16(22-12-13)24-17(27)10-11-21-19(28)18-23-14(2)20(29)26(25-18)15-6-4-3-5-7-15/h3-9,12,14H,10-11H2,1-2H3,(H,21,28)(H,23,25)(H,22,24,27)/t14-/m0/s1. The van der Waals surface area contributed by atoms with Crippen LogP contribution in [0.25, 0.3) is 0 Å². The van der Waals surface area contributed by atoms with Crippen LogP contribution in [0.5, 0.6) is 0 Å². The number of aliphatic imine (C=N–C) groups is 1. The van der Waals surface area contributed by atoms with Gasteiger partial charge in [0.2, 0.25) is 11.7 Å². The summed E-state index contributed by atoms with van der Waals surface area (Å²) in [5.74, 6) is -0.559. The lowest BCUT2D eigenvalue weighted by Crippen LogP contribution is -2.58. The number of rotatable bonds is 6. The molecule has 0 unspecified atom stereocenters. The molecule has 2 aromatic rings. The zero-order chi connectivity index (χ0) is 20.8. The lowest BCUT2D eigenvalue weighted by Gasteiger charge is -2.30. The van der Waals surface area contributed by atoms with Crippen LogP contribution in [0.4, 0.5) is 11.5 Å². The summed E-state index contributed by atoms with van der Waals surface area (Å²) in [6, 6.07) is 11.8. The number of hydrogen-bond acceptors (Lipinski definition) is 6. The maximum Gasteiger partial charge on any atom is 0.288 e. The number of pyridine rings is 1. The molecule has 1 aliphatic rings. The van der Waals surface area contributed by atoms with E-state index in [0.717, 1.165) is 5.56 Å². The monoisotopic (exact) mass is 394 g/mol. The summed E-state index contributed by atoms with van der Waals surface area (Å²) in [7, 11) is 0. The van der Waals surface area contributed by atoms with E-state index >= 15 is 0 Å². The van der Waals surface area contributed by atoms with Gasteiger partial charge in [-0.25, -0.2) is 15.0 Å². The number of nitrogens with one attached hydrogen (secondary N) is 3. The van der Waals surface area contributed by atoms with Crippen molar-refractivity contribution in [3.05, 3.63) is 54.2 Å². The molecule has 1 aromatic heterocycles. The summed E-state index contributed by atoms with van der Waals surface area (Å²) < 4.78 is 0. The number of aromatic nitrogens is 1. The highest BCUT2D eigenvalue weighted by atomic mass is 16.2. The average molecular weight is 394 g/mol. The summed E-state index contributed by atoms with van der Waals surface area (Å²) in [5.41, 5.74) is 4.34. The second-order valence-corrected chi connectivity index (χ2v) is 6.55. The fraction of sp³-hybridized carbons (Fsp3) is 0.250. The molecule has 2 heterocycles. The molecule has 3 amide bonds. The first-order chi connectivity index (χ1) is 13.9. The highest BCUT2D eigenvalue weighted by molar-refractivity contribution is 6.39. The summed E-state index contributed by atoms with van der Waals surface area (Å²) in [5, 5.41) is 6.59. The Morgan fingerprint density at radius 2 is 1.93 bits per heavy atom. The van der Waals surface area contributed by atoms with Crippen molar-refractivity contribution in [2.24, 2.45) is 4.99 Å². The van der Waals surface area contributed by atoms with Gasteiger partial charge in [0, 0.05) is 19.2 Å². The first kappa shape index (κ1) is 20.0. The lowest BCUT2D eigenvalue weighted by molar-refractivity contribution is -0.120. The molecular formula is C20H22N6O3. The third-order valence-corrected chi connectivity index (χ3v) is 4.16. The van der Waals surface area contributed by atoms with Crippen molar-refractivity contribution in [2.75, 3.05) is 16.9 Å². The maximum absolute atomic E-state index is 12.4. The molecule has 1 aromatic carbocycles. The van der Waals surface area contributed by atoms with Crippen LogP contribution in [-0.2, 0) is 14.4 Å². The predicted octanol–water partition coefficient (Wildman–Crippen LogP) is 1.17. The van der Waals surface area contributed by atoms with Gasteiger partial charge in [0.05, 0.1) is 5.69 Å². The van der Waals surface area contributed by atoms with Gasteiger partial charge in [-0.3, -0.25) is 19.8 Å². The quantitative estimate of drug-likeness (QED) is 0.680. The number of amidine groups is 1. The number of anilines is 2. The molecule has 3 N–H and O–H groups in total. The first-order valence-corrected chi connectivity index (χ1v) is 9.18. The molecule has 9 heteroatoms. The van der Waals surface area contributed by atoms with Gasteiger partial charge in [0.1, 0.15) is 11.9 Å². The molecule has 0 saturated carbocycles. The van der Waals surface area contributed by atoms with Crippen LogP contribution >= 0.6 is 0 Å². The summed E-state index contributed by atoms with van der Waals surface area (Å²) >= 11 is 0. The Labute approximate surface area is 168 Å². The van der Waals surface area contributed by atoms with Gasteiger partial charge in [-0.2, -0.15) is 0 Å². The number of benzene rings is 1. The molecule has 0 aliphatic carbocycles. The molecule has 0 saturated heterocycles. The van der Waals surface area contributed by atoms with Gasteiger partial charge < -0.3 is 10.6 Å². The Balaban J connectivity index is 1.53. The van der Waals surface area contributed by atoms with E-state index in [9.17, 15) is 14.4 Å². The number of nitrogens with zero attached hydrogens (tertiary/aromatic N) is 3. The van der Waals surface area contributed by atoms with Crippen LogP contribution in [0.3, 0.4) is 0 Å². The third-order valence-electron chi connectivity index (χ3n) is 4.16. The molecule has 0 spiro atoms. The Morgan fingerprint density at radius 1 is 1.17 bits per heavy atom. The van der Waals surface area contributed by atoms with Gasteiger partial charge in [0.15, 0.2) is 0 Å². The smallest absolute Gasteiger partial charge is 0.288 e. The average Bonchev–Trinajstić information content (AvgIpc) is 2.72. The number of carbonyl (C=O) groups is 3. The minimum Gasteiger partial charge on any atom is -0.349 e. The molecular weight excluding hydrogens is 372 g/mol. The van der Waals surface area contributed by atoms with E-state index in [1.807, 2.05) is 19.1 Å². The summed E-state index contributed by atoms with van der Waals surface area (Å²) in [6.45, 7) is 3.64. The number of amides is 3. The van der Waals surface area contributed by atoms with Crippen LogP contribution in [0.15, 0.2) is 53.7 Å². The first-order valence-electron chi connectivity index (χ1n) is 9.18. The van der Waals surface area contributed by atoms with Gasteiger partial charge in [-0.05, 0) is 37.6 Å². The van der Waals surface area contributed by atoms with Crippen LogP contribution in [0.2, 0.25) is 0 Å². The van der Waals surface area contributed by atoms with Gasteiger partial charge in [-0.15, -0.1) is 0 Å². The predicted molar refractivity (Wildman–Crippen MR) is 109 cm³/mol. The Kier molecular flexibility index (Phi) is 6.18. The molecule has 0 radical (unpaired) electrons. The zero-order valence-corrected chi connectivity index (χ0v) is 16.2. The Morgan fingerprint density at radius 3 is 2.62 bits per heavy atom. The summed E-state index contributed by atoms with van der Waals surface area (Å²) in [6.07, 6.45) is 1.73. The maximum atomic E-state index is 12.4. The largest absolute Gasteiger partial charge is 0.349 e. The van der Waals surface area contributed by atoms with Crippen molar-refractivity contribution in [3.63, 3.8) is 0 Å². The van der Waals surface area contributed by atoms with E-state index in [1.165, 1.54) is 5.01 Å². The van der Waals surface area contributed by atoms with Gasteiger partial charge in [-0.1, -0.05) is 24.3 Å². The Bertz CT molecular complexity index is 927. The van der Waals surface area contributed by atoms with E-state index in [4.69, 9.17) is 0 Å². The van der Waals surface area contributed by atoms with E-state index in [2.05, 4.69) is 26.0 Å². The number of carbonyl (C=O) groups excluding carboxylic acids is 3. The highest BCUT2D eigenvalue weighted by Crippen LogP contribution is 2.15. The third kappa shape index (κ3) is 5.16. The fourth-order valence-electron chi connectivity index (χ4n) is 2.62. The van der Waals surface area contributed by atoms with Crippen molar-refractivity contribution in [2.45, 2.75) is 26.3 Å². The minimum absolute atomic E-state index is 0.0153. The van der Waals surface area contributed by atoms with Crippen molar-refractivity contribution >= 4 is 35.1 Å². The second kappa shape index (κ2) is 8.96. The highest BCUT2D eigenvalue weighted by Gasteiger charge is 2.30. The van der Waals surface area contributed by atoms with Crippen LogP contribution in [0, 0.1) is 6.92 Å². The van der Waals surface area contributed by atoms with Crippen LogP contribution in [0.1, 0.15) is 18.9 Å². The topological polar surface area (TPSA) is 116 Å². The number of hydrazine groups is 1. The number of aryl methyl sites for hydroxylation is 1. The fourth-order valence-corrected chi connectivity index (χ4v) is 2.62. The number of para-hydroxylation sites is 1. The molecule has 1 aliphatic heterocycles. The molecule has 0 fully saturated rings. The molecule has 29 heavy (non-hydrogen) atoms. The SMILES string of the molecule is Cc1ccc(NC(=O)CCNC(=O)C2=N[C@@H](C)C(=O)N(c3ccccc3)N2)nc1. The van der Waals surface area contributed by atoms with E-state index < -0.39 is 11.9 Å². The van der Waals surface area contributed by atoms with Crippen molar-refractivity contribution < 1.29 is 14.4 Å². The number of hydrogen-bond donors (Lipinski definition) is 3. The van der Waals surface area contributed by atoms with Crippen LogP contribution in [-0.4, -0.2) is 41.1 Å². The molecule has 150 valence electrons. The molecule has 3 rings (SSSR count). The van der Waals surface area contributed by atoms with Crippen molar-refractivity contribution in [1.29, 1.82) is 0 Å². The van der Waals surface area contributed by atoms with Crippen molar-refractivity contribution in [3.8, 4) is 0 Å². The molecule has 0 bridgehead atoms. The normalized spacial score (nSPS) is 15.9. The van der Waals surface area contributed by atoms with Crippen molar-refractivity contribution in [1.82, 2.24) is 15.7 Å². The van der Waals surface area contributed by atoms with E-state index in [1.54, 1.807) is 43.5 Å². The molecule has 9 nitrogen and oxygen atoms in total. The lowest BCUT2D eigenvalue weighted by atomic mass is 10.2. The summed E-state index contributed by atoms with van der Waals surface area (Å²) in [4.78, 5) is 45.0. The minimum atomic E-state index is -0.701. The zero-order valence-electron chi connectivity index (χ0n) is 16.2. The Hall–Kier alpha value is -3.75. The van der Waals surface area contributed by atoms with Gasteiger partial charge in [0.25, 0.3) is 11.8 Å². The van der Waals surface area contributed by atoms with E-state index in [-0.39, 0.29) is 30.6 Å². The van der Waals surface area contributed by atoms with Gasteiger partial charge >= 0.3 is 0 Å².